The van der Waals surface area contributed by atoms with Crippen LogP contribution in [0.1, 0.15) is 32.6 Å². The SMILES string of the molecule is C=C(CCNC)CC1CCCN(CC)C1. The summed E-state index contributed by atoms with van der Waals surface area (Å²) >= 11 is 0. The number of piperidine rings is 1. The second kappa shape index (κ2) is 7.02. The van der Waals surface area contributed by atoms with Gasteiger partial charge < -0.3 is 10.2 Å². The highest BCUT2D eigenvalue weighted by Gasteiger charge is 2.18. The topological polar surface area (TPSA) is 15.3 Å². The van der Waals surface area contributed by atoms with Crippen LogP contribution in [0.15, 0.2) is 12.2 Å². The summed E-state index contributed by atoms with van der Waals surface area (Å²) in [4.78, 5) is 2.57. The Morgan fingerprint density at radius 1 is 1.53 bits per heavy atom. The van der Waals surface area contributed by atoms with E-state index in [0.717, 1.165) is 18.9 Å². The van der Waals surface area contributed by atoms with E-state index >= 15 is 0 Å². The van der Waals surface area contributed by atoms with Crippen LogP contribution in [0.25, 0.3) is 0 Å². The number of hydrogen-bond donors (Lipinski definition) is 1. The van der Waals surface area contributed by atoms with Gasteiger partial charge in [-0.1, -0.05) is 19.1 Å². The molecular weight excluding hydrogens is 184 g/mol. The molecule has 1 unspecified atom stereocenters. The largest absolute Gasteiger partial charge is 0.319 e. The van der Waals surface area contributed by atoms with Crippen LogP contribution < -0.4 is 5.32 Å². The van der Waals surface area contributed by atoms with E-state index in [0.29, 0.717) is 0 Å². The van der Waals surface area contributed by atoms with Gasteiger partial charge in [0.1, 0.15) is 0 Å². The molecule has 15 heavy (non-hydrogen) atoms. The monoisotopic (exact) mass is 210 g/mol. The zero-order chi connectivity index (χ0) is 11.1. The van der Waals surface area contributed by atoms with Crippen molar-refractivity contribution in [3.05, 3.63) is 12.2 Å². The van der Waals surface area contributed by atoms with Gasteiger partial charge in [0.05, 0.1) is 0 Å². The molecule has 0 saturated carbocycles. The second-order valence-corrected chi connectivity index (χ2v) is 4.71. The van der Waals surface area contributed by atoms with Crippen molar-refractivity contribution in [1.82, 2.24) is 10.2 Å². The maximum atomic E-state index is 4.18. The smallest absolute Gasteiger partial charge is 0.00126 e. The molecule has 1 fully saturated rings. The van der Waals surface area contributed by atoms with Crippen LogP contribution in [-0.4, -0.2) is 38.1 Å². The van der Waals surface area contributed by atoms with Crippen molar-refractivity contribution in [2.24, 2.45) is 5.92 Å². The Labute approximate surface area is 94.7 Å². The maximum Gasteiger partial charge on any atom is 0.00126 e. The minimum Gasteiger partial charge on any atom is -0.319 e. The van der Waals surface area contributed by atoms with Gasteiger partial charge in [0.25, 0.3) is 0 Å². The lowest BCUT2D eigenvalue weighted by molar-refractivity contribution is 0.181. The fourth-order valence-electron chi connectivity index (χ4n) is 2.42. The molecule has 1 heterocycles. The molecule has 1 atom stereocenters. The predicted octanol–water partition coefficient (Wildman–Crippen LogP) is 2.27. The lowest BCUT2D eigenvalue weighted by Gasteiger charge is -2.32. The van der Waals surface area contributed by atoms with Crippen LogP contribution in [0.5, 0.6) is 0 Å². The predicted molar refractivity (Wildman–Crippen MR) is 67.1 cm³/mol. The quantitative estimate of drug-likeness (QED) is 0.677. The number of likely N-dealkylation sites (tertiary alicyclic amines) is 1. The summed E-state index contributed by atoms with van der Waals surface area (Å²) < 4.78 is 0. The van der Waals surface area contributed by atoms with Crippen molar-refractivity contribution in [1.29, 1.82) is 0 Å². The summed E-state index contributed by atoms with van der Waals surface area (Å²) in [6.45, 7) is 11.3. The van der Waals surface area contributed by atoms with Crippen LogP contribution in [0.4, 0.5) is 0 Å². The molecule has 0 amide bonds. The van der Waals surface area contributed by atoms with Gasteiger partial charge in [-0.05, 0) is 58.3 Å². The molecule has 1 N–H and O–H groups in total. The van der Waals surface area contributed by atoms with Crippen LogP contribution >= 0.6 is 0 Å². The van der Waals surface area contributed by atoms with Crippen molar-refractivity contribution in [3.63, 3.8) is 0 Å². The van der Waals surface area contributed by atoms with E-state index < -0.39 is 0 Å². The lowest BCUT2D eigenvalue weighted by atomic mass is 9.91. The Kier molecular flexibility index (Phi) is 5.96. The number of rotatable bonds is 6. The molecule has 0 radical (unpaired) electrons. The number of nitrogens with one attached hydrogen (secondary N) is 1. The van der Waals surface area contributed by atoms with E-state index in [9.17, 15) is 0 Å². The molecule has 0 aliphatic carbocycles. The van der Waals surface area contributed by atoms with Gasteiger partial charge in [-0.15, -0.1) is 0 Å². The zero-order valence-corrected chi connectivity index (χ0v) is 10.4. The highest BCUT2D eigenvalue weighted by atomic mass is 15.1. The number of hydrogen-bond acceptors (Lipinski definition) is 2. The van der Waals surface area contributed by atoms with Crippen molar-refractivity contribution < 1.29 is 0 Å². The first-order valence-corrected chi connectivity index (χ1v) is 6.29. The fraction of sp³-hybridized carbons (Fsp3) is 0.846. The summed E-state index contributed by atoms with van der Waals surface area (Å²) in [5.41, 5.74) is 1.42. The van der Waals surface area contributed by atoms with E-state index in [4.69, 9.17) is 0 Å². The fourth-order valence-corrected chi connectivity index (χ4v) is 2.42. The summed E-state index contributed by atoms with van der Waals surface area (Å²) in [7, 11) is 2.01. The van der Waals surface area contributed by atoms with E-state index in [2.05, 4.69) is 23.7 Å². The van der Waals surface area contributed by atoms with Gasteiger partial charge in [-0.3, -0.25) is 0 Å². The average Bonchev–Trinajstić information content (AvgIpc) is 2.26. The maximum absolute atomic E-state index is 4.18. The minimum atomic E-state index is 0.864. The standard InChI is InChI=1S/C13H26N2/c1-4-15-9-5-6-13(11-15)10-12(2)7-8-14-3/h13-14H,2,4-11H2,1,3H3. The average molecular weight is 210 g/mol. The molecule has 2 nitrogen and oxygen atoms in total. The van der Waals surface area contributed by atoms with Crippen LogP contribution in [0.3, 0.4) is 0 Å². The first-order chi connectivity index (χ1) is 7.26. The Bertz CT molecular complexity index is 189. The molecule has 88 valence electrons. The third kappa shape index (κ3) is 4.80. The Morgan fingerprint density at radius 3 is 3.00 bits per heavy atom. The number of nitrogens with zero attached hydrogens (tertiary/aromatic N) is 1. The first-order valence-electron chi connectivity index (χ1n) is 6.29. The van der Waals surface area contributed by atoms with Gasteiger partial charge in [-0.2, -0.15) is 0 Å². The van der Waals surface area contributed by atoms with Gasteiger partial charge in [0.15, 0.2) is 0 Å². The highest BCUT2D eigenvalue weighted by molar-refractivity contribution is 4.97. The van der Waals surface area contributed by atoms with Gasteiger partial charge in [0, 0.05) is 6.54 Å². The molecule has 0 aromatic carbocycles. The van der Waals surface area contributed by atoms with E-state index in [-0.39, 0.29) is 0 Å². The highest BCUT2D eigenvalue weighted by Crippen LogP contribution is 2.23. The zero-order valence-electron chi connectivity index (χ0n) is 10.4. The van der Waals surface area contributed by atoms with Crippen molar-refractivity contribution in [3.8, 4) is 0 Å². The Morgan fingerprint density at radius 2 is 2.33 bits per heavy atom. The molecule has 1 aliphatic heterocycles. The molecule has 1 aliphatic rings. The van der Waals surface area contributed by atoms with E-state index in [1.165, 1.54) is 44.5 Å². The molecule has 0 aromatic heterocycles. The summed E-state index contributed by atoms with van der Waals surface area (Å²) in [5.74, 6) is 0.864. The lowest BCUT2D eigenvalue weighted by Crippen LogP contribution is -2.35. The van der Waals surface area contributed by atoms with E-state index in [1.54, 1.807) is 0 Å². The molecule has 1 rings (SSSR count). The molecule has 2 heteroatoms. The van der Waals surface area contributed by atoms with Crippen LogP contribution in [0, 0.1) is 5.92 Å². The van der Waals surface area contributed by atoms with Crippen LogP contribution in [0.2, 0.25) is 0 Å². The second-order valence-electron chi connectivity index (χ2n) is 4.71. The van der Waals surface area contributed by atoms with Crippen molar-refractivity contribution in [2.75, 3.05) is 33.2 Å². The van der Waals surface area contributed by atoms with Crippen molar-refractivity contribution in [2.45, 2.75) is 32.6 Å². The first kappa shape index (κ1) is 12.7. The van der Waals surface area contributed by atoms with Gasteiger partial charge in [0.2, 0.25) is 0 Å². The van der Waals surface area contributed by atoms with Crippen molar-refractivity contribution >= 4 is 0 Å². The van der Waals surface area contributed by atoms with Gasteiger partial charge in [-0.25, -0.2) is 0 Å². The summed E-state index contributed by atoms with van der Waals surface area (Å²) in [6.07, 6.45) is 5.14. The molecule has 1 saturated heterocycles. The molecule has 0 spiro atoms. The molecular formula is C13H26N2. The normalized spacial score (nSPS) is 22.9. The minimum absolute atomic E-state index is 0.864. The molecule has 0 aromatic rings. The Balaban J connectivity index is 2.22. The summed E-state index contributed by atoms with van der Waals surface area (Å²) in [6, 6.07) is 0. The van der Waals surface area contributed by atoms with Crippen LogP contribution in [-0.2, 0) is 0 Å². The Hall–Kier alpha value is -0.340. The summed E-state index contributed by atoms with van der Waals surface area (Å²) in [5, 5.41) is 3.18. The van der Waals surface area contributed by atoms with Gasteiger partial charge >= 0.3 is 0 Å². The van der Waals surface area contributed by atoms with E-state index in [1.807, 2.05) is 7.05 Å². The third-order valence-electron chi connectivity index (χ3n) is 3.36. The molecule has 0 bridgehead atoms. The third-order valence-corrected chi connectivity index (χ3v) is 3.36.